The molecule has 0 aliphatic heterocycles. The first-order valence-electron chi connectivity index (χ1n) is 6.79. The Balaban J connectivity index is 1.67. The average Bonchev–Trinajstić information content (AvgIpc) is 2.48. The second kappa shape index (κ2) is 7.71. The van der Waals surface area contributed by atoms with Crippen LogP contribution in [0.4, 0.5) is 0 Å². The summed E-state index contributed by atoms with van der Waals surface area (Å²) >= 11 is 5.81. The van der Waals surface area contributed by atoms with Crippen LogP contribution in [0.25, 0.3) is 0 Å². The number of halogens is 1. The number of benzene rings is 2. The summed E-state index contributed by atoms with van der Waals surface area (Å²) in [4.78, 5) is 11.7. The molecule has 2 rings (SSSR count). The van der Waals surface area contributed by atoms with Crippen LogP contribution in [0.1, 0.15) is 24.0 Å². The average molecular weight is 288 g/mol. The summed E-state index contributed by atoms with van der Waals surface area (Å²) in [5.74, 6) is 0.0934. The summed E-state index contributed by atoms with van der Waals surface area (Å²) < 4.78 is 0. The predicted molar refractivity (Wildman–Crippen MR) is 82.7 cm³/mol. The van der Waals surface area contributed by atoms with E-state index in [2.05, 4.69) is 17.4 Å². The lowest BCUT2D eigenvalue weighted by Gasteiger charge is -2.05. The van der Waals surface area contributed by atoms with E-state index in [4.69, 9.17) is 11.6 Å². The first-order chi connectivity index (χ1) is 9.74. The topological polar surface area (TPSA) is 29.1 Å². The molecular weight excluding hydrogens is 270 g/mol. The summed E-state index contributed by atoms with van der Waals surface area (Å²) in [6, 6.07) is 17.7. The molecule has 1 N–H and O–H groups in total. The third-order valence-electron chi connectivity index (χ3n) is 3.12. The van der Waals surface area contributed by atoms with Crippen molar-refractivity contribution in [3.05, 3.63) is 70.7 Å². The zero-order valence-electron chi connectivity index (χ0n) is 11.3. The minimum absolute atomic E-state index is 0.0934. The van der Waals surface area contributed by atoms with Gasteiger partial charge in [0.2, 0.25) is 5.91 Å². The largest absolute Gasteiger partial charge is 0.352 e. The summed E-state index contributed by atoms with van der Waals surface area (Å²) in [6.45, 7) is 0.557. The van der Waals surface area contributed by atoms with Gasteiger partial charge in [-0.05, 0) is 36.1 Å². The van der Waals surface area contributed by atoms with Gasteiger partial charge in [-0.25, -0.2) is 0 Å². The van der Waals surface area contributed by atoms with Crippen LogP contribution in [0.2, 0.25) is 5.02 Å². The van der Waals surface area contributed by atoms with Gasteiger partial charge in [-0.2, -0.15) is 0 Å². The Morgan fingerprint density at radius 2 is 1.65 bits per heavy atom. The van der Waals surface area contributed by atoms with E-state index < -0.39 is 0 Å². The summed E-state index contributed by atoms with van der Waals surface area (Å²) in [5.41, 5.74) is 2.34. The molecule has 0 radical (unpaired) electrons. The van der Waals surface area contributed by atoms with E-state index in [0.29, 0.717) is 18.0 Å². The predicted octanol–water partition coefficient (Wildman–Crippen LogP) is 3.98. The number of hydrogen-bond donors (Lipinski definition) is 1. The Hall–Kier alpha value is -1.80. The summed E-state index contributed by atoms with van der Waals surface area (Å²) in [5, 5.41) is 3.63. The van der Waals surface area contributed by atoms with E-state index in [1.165, 1.54) is 5.56 Å². The normalized spacial score (nSPS) is 10.2. The van der Waals surface area contributed by atoms with E-state index in [1.807, 2.05) is 42.5 Å². The van der Waals surface area contributed by atoms with Crippen molar-refractivity contribution < 1.29 is 4.79 Å². The minimum Gasteiger partial charge on any atom is -0.352 e. The molecule has 0 aliphatic rings. The maximum absolute atomic E-state index is 11.7. The Morgan fingerprint density at radius 1 is 0.950 bits per heavy atom. The third kappa shape index (κ3) is 5.06. The van der Waals surface area contributed by atoms with Crippen LogP contribution in [0.5, 0.6) is 0 Å². The van der Waals surface area contributed by atoms with Crippen molar-refractivity contribution in [1.82, 2.24) is 5.32 Å². The van der Waals surface area contributed by atoms with Gasteiger partial charge < -0.3 is 5.32 Å². The lowest BCUT2D eigenvalue weighted by atomic mass is 10.1. The third-order valence-corrected chi connectivity index (χ3v) is 3.37. The van der Waals surface area contributed by atoms with Crippen molar-refractivity contribution >= 4 is 17.5 Å². The standard InChI is InChI=1S/C17H18ClNO/c18-16-11-9-15(10-12-16)13-19-17(20)8-4-7-14-5-2-1-3-6-14/h1-3,5-6,9-12H,4,7-8,13H2,(H,19,20). The van der Waals surface area contributed by atoms with Gasteiger partial charge in [0.05, 0.1) is 0 Å². The fraction of sp³-hybridized carbons (Fsp3) is 0.235. The van der Waals surface area contributed by atoms with Crippen LogP contribution in [-0.4, -0.2) is 5.91 Å². The highest BCUT2D eigenvalue weighted by molar-refractivity contribution is 6.30. The monoisotopic (exact) mass is 287 g/mol. The molecule has 0 saturated carbocycles. The van der Waals surface area contributed by atoms with Gasteiger partial charge in [0, 0.05) is 18.0 Å². The molecule has 0 unspecified atom stereocenters. The molecule has 0 aromatic heterocycles. The van der Waals surface area contributed by atoms with Crippen molar-refractivity contribution in [2.24, 2.45) is 0 Å². The van der Waals surface area contributed by atoms with Gasteiger partial charge in [-0.1, -0.05) is 54.1 Å². The Bertz CT molecular complexity index is 537. The van der Waals surface area contributed by atoms with Crippen molar-refractivity contribution in [2.75, 3.05) is 0 Å². The van der Waals surface area contributed by atoms with Crippen LogP contribution in [0.15, 0.2) is 54.6 Å². The van der Waals surface area contributed by atoms with Gasteiger partial charge in [0.25, 0.3) is 0 Å². The maximum Gasteiger partial charge on any atom is 0.220 e. The molecule has 0 atom stereocenters. The Kier molecular flexibility index (Phi) is 5.63. The molecule has 0 fully saturated rings. The van der Waals surface area contributed by atoms with Crippen LogP contribution >= 0.6 is 11.6 Å². The number of carbonyl (C=O) groups is 1. The zero-order chi connectivity index (χ0) is 14.2. The van der Waals surface area contributed by atoms with Crippen molar-refractivity contribution in [3.8, 4) is 0 Å². The fourth-order valence-corrected chi connectivity index (χ4v) is 2.12. The van der Waals surface area contributed by atoms with Gasteiger partial charge >= 0.3 is 0 Å². The summed E-state index contributed by atoms with van der Waals surface area (Å²) in [6.07, 6.45) is 2.37. The molecule has 2 nitrogen and oxygen atoms in total. The van der Waals surface area contributed by atoms with Crippen molar-refractivity contribution in [3.63, 3.8) is 0 Å². The molecule has 2 aromatic rings. The number of hydrogen-bond acceptors (Lipinski definition) is 1. The van der Waals surface area contributed by atoms with E-state index in [1.54, 1.807) is 0 Å². The second-order valence-corrected chi connectivity index (χ2v) is 5.18. The van der Waals surface area contributed by atoms with Crippen LogP contribution in [0.3, 0.4) is 0 Å². The van der Waals surface area contributed by atoms with Gasteiger partial charge in [0.15, 0.2) is 0 Å². The Labute approximate surface area is 124 Å². The molecule has 104 valence electrons. The van der Waals surface area contributed by atoms with Gasteiger partial charge in [0.1, 0.15) is 0 Å². The number of amides is 1. The molecule has 2 aromatic carbocycles. The first kappa shape index (κ1) is 14.6. The fourth-order valence-electron chi connectivity index (χ4n) is 1.99. The van der Waals surface area contributed by atoms with Gasteiger partial charge in [-0.15, -0.1) is 0 Å². The summed E-state index contributed by atoms with van der Waals surface area (Å²) in [7, 11) is 0. The van der Waals surface area contributed by atoms with E-state index in [9.17, 15) is 4.79 Å². The number of aryl methyl sites for hydroxylation is 1. The maximum atomic E-state index is 11.7. The molecule has 0 spiro atoms. The highest BCUT2D eigenvalue weighted by Gasteiger charge is 2.02. The number of nitrogens with one attached hydrogen (secondary N) is 1. The molecule has 0 aliphatic carbocycles. The molecular formula is C17H18ClNO. The van der Waals surface area contributed by atoms with Crippen molar-refractivity contribution in [1.29, 1.82) is 0 Å². The SMILES string of the molecule is O=C(CCCc1ccccc1)NCc1ccc(Cl)cc1. The molecule has 1 amide bonds. The highest BCUT2D eigenvalue weighted by Crippen LogP contribution is 2.09. The lowest BCUT2D eigenvalue weighted by Crippen LogP contribution is -2.22. The zero-order valence-corrected chi connectivity index (χ0v) is 12.1. The Morgan fingerprint density at radius 3 is 2.35 bits per heavy atom. The van der Waals surface area contributed by atoms with Crippen LogP contribution in [-0.2, 0) is 17.8 Å². The number of rotatable bonds is 6. The van der Waals surface area contributed by atoms with Crippen LogP contribution in [0, 0.1) is 0 Å². The van der Waals surface area contributed by atoms with E-state index in [-0.39, 0.29) is 5.91 Å². The van der Waals surface area contributed by atoms with Crippen molar-refractivity contribution in [2.45, 2.75) is 25.8 Å². The lowest BCUT2D eigenvalue weighted by molar-refractivity contribution is -0.121. The molecule has 0 bridgehead atoms. The minimum atomic E-state index is 0.0934. The number of carbonyl (C=O) groups excluding carboxylic acids is 1. The van der Waals surface area contributed by atoms with Crippen LogP contribution < -0.4 is 5.32 Å². The molecule has 20 heavy (non-hydrogen) atoms. The first-order valence-corrected chi connectivity index (χ1v) is 7.17. The second-order valence-electron chi connectivity index (χ2n) is 4.74. The smallest absolute Gasteiger partial charge is 0.220 e. The molecule has 0 saturated heterocycles. The van der Waals surface area contributed by atoms with E-state index >= 15 is 0 Å². The van der Waals surface area contributed by atoms with Gasteiger partial charge in [-0.3, -0.25) is 4.79 Å². The molecule has 3 heteroatoms. The highest BCUT2D eigenvalue weighted by atomic mass is 35.5. The quantitative estimate of drug-likeness (QED) is 0.855. The molecule has 0 heterocycles. The van der Waals surface area contributed by atoms with E-state index in [0.717, 1.165) is 18.4 Å².